The summed E-state index contributed by atoms with van der Waals surface area (Å²) in [7, 11) is 1.27. The van der Waals surface area contributed by atoms with Gasteiger partial charge in [0, 0.05) is 13.0 Å². The number of hydrogen-bond acceptors (Lipinski definition) is 6. The van der Waals surface area contributed by atoms with Crippen molar-refractivity contribution in [1.29, 1.82) is 5.26 Å². The number of ether oxygens (including phenoxy) is 1. The number of nitrogens with zero attached hydrogens (tertiary/aromatic N) is 2. The summed E-state index contributed by atoms with van der Waals surface area (Å²) >= 11 is 0. The number of amides is 1. The van der Waals surface area contributed by atoms with Gasteiger partial charge >= 0.3 is 5.97 Å². The van der Waals surface area contributed by atoms with Crippen molar-refractivity contribution < 1.29 is 19.4 Å². The summed E-state index contributed by atoms with van der Waals surface area (Å²) in [5.41, 5.74) is -0.962. The molecule has 3 atom stereocenters. The lowest BCUT2D eigenvalue weighted by Gasteiger charge is -2.29. The molecular weight excluding hydrogens is 274 g/mol. The van der Waals surface area contributed by atoms with Gasteiger partial charge in [0.25, 0.3) is 0 Å². The third kappa shape index (κ3) is 4.16. The van der Waals surface area contributed by atoms with Gasteiger partial charge in [0.1, 0.15) is 11.6 Å². The molecule has 0 aromatic heterocycles. The molecule has 1 aliphatic heterocycles. The molecule has 0 spiro atoms. The molecule has 0 saturated carbocycles. The van der Waals surface area contributed by atoms with Crippen molar-refractivity contribution >= 4 is 11.9 Å². The van der Waals surface area contributed by atoms with E-state index in [1.807, 2.05) is 13.8 Å². The molecule has 7 heteroatoms. The molecule has 1 heterocycles. The van der Waals surface area contributed by atoms with E-state index in [9.17, 15) is 20.0 Å². The Balaban J connectivity index is 2.69. The first-order chi connectivity index (χ1) is 9.73. The Morgan fingerprint density at radius 2 is 2.19 bits per heavy atom. The number of carbonyl (C=O) groups excluding carboxylic acids is 2. The number of likely N-dealkylation sites (tertiary alicyclic amines) is 1. The van der Waals surface area contributed by atoms with Crippen molar-refractivity contribution in [2.24, 2.45) is 5.92 Å². The number of carbonyl (C=O) groups is 2. The Hall–Kier alpha value is -1.65. The van der Waals surface area contributed by atoms with E-state index in [1.165, 1.54) is 7.11 Å². The Morgan fingerprint density at radius 3 is 2.67 bits per heavy atom. The Kier molecular flexibility index (Phi) is 5.70. The van der Waals surface area contributed by atoms with E-state index in [0.717, 1.165) is 0 Å². The van der Waals surface area contributed by atoms with E-state index in [1.54, 1.807) is 11.8 Å². The number of nitriles is 1. The molecule has 3 unspecified atom stereocenters. The first-order valence-corrected chi connectivity index (χ1v) is 6.95. The summed E-state index contributed by atoms with van der Waals surface area (Å²) in [6.07, 6.45) is -0.408. The van der Waals surface area contributed by atoms with Gasteiger partial charge in [0.2, 0.25) is 5.91 Å². The number of aliphatic hydroxyl groups excluding tert-OH is 1. The molecular formula is C14H23N3O4. The number of aliphatic hydroxyl groups is 1. The van der Waals surface area contributed by atoms with Crippen LogP contribution in [-0.2, 0) is 14.3 Å². The van der Waals surface area contributed by atoms with Gasteiger partial charge in [-0.05, 0) is 12.8 Å². The van der Waals surface area contributed by atoms with E-state index in [4.69, 9.17) is 0 Å². The van der Waals surface area contributed by atoms with Crippen LogP contribution in [0.15, 0.2) is 0 Å². The second-order valence-electron chi connectivity index (χ2n) is 5.87. The summed E-state index contributed by atoms with van der Waals surface area (Å²) in [5.74, 6) is -0.867. The maximum absolute atomic E-state index is 12.1. The molecule has 1 fully saturated rings. The van der Waals surface area contributed by atoms with Crippen molar-refractivity contribution in [2.75, 3.05) is 20.2 Å². The van der Waals surface area contributed by atoms with Gasteiger partial charge in [0.05, 0.1) is 25.8 Å². The van der Waals surface area contributed by atoms with E-state index < -0.39 is 23.7 Å². The fourth-order valence-corrected chi connectivity index (χ4v) is 2.25. The van der Waals surface area contributed by atoms with E-state index >= 15 is 0 Å². The normalized spacial score (nSPS) is 25.2. The molecule has 1 rings (SSSR count). The van der Waals surface area contributed by atoms with Crippen LogP contribution in [0.4, 0.5) is 0 Å². The fraction of sp³-hybridized carbons (Fsp3) is 0.786. The standard InChI is InChI=1S/C14H23N3O4/c1-9(2)14(3,8-15)16-12(19)7-17-6-10(18)5-11(17)13(20)21-4/h9-11,18H,5-7H2,1-4H3,(H,16,19). The zero-order valence-electron chi connectivity index (χ0n) is 12.9. The van der Waals surface area contributed by atoms with E-state index in [2.05, 4.69) is 16.1 Å². The number of hydrogen-bond donors (Lipinski definition) is 2. The largest absolute Gasteiger partial charge is 0.468 e. The molecule has 2 N–H and O–H groups in total. The first-order valence-electron chi connectivity index (χ1n) is 6.95. The number of esters is 1. The van der Waals surface area contributed by atoms with Crippen molar-refractivity contribution in [3.05, 3.63) is 0 Å². The van der Waals surface area contributed by atoms with E-state index in [-0.39, 0.29) is 31.3 Å². The predicted octanol–water partition coefficient (Wildman–Crippen LogP) is -0.351. The van der Waals surface area contributed by atoms with Gasteiger partial charge in [-0.15, -0.1) is 0 Å². The lowest BCUT2D eigenvalue weighted by atomic mass is 9.90. The van der Waals surface area contributed by atoms with Crippen molar-refractivity contribution in [2.45, 2.75) is 44.9 Å². The maximum atomic E-state index is 12.1. The predicted molar refractivity (Wildman–Crippen MR) is 75.0 cm³/mol. The van der Waals surface area contributed by atoms with Crippen LogP contribution in [0.1, 0.15) is 27.2 Å². The van der Waals surface area contributed by atoms with Crippen LogP contribution in [-0.4, -0.2) is 59.8 Å². The molecule has 21 heavy (non-hydrogen) atoms. The SMILES string of the molecule is COC(=O)C1CC(O)CN1CC(=O)NC(C)(C#N)C(C)C. The highest BCUT2D eigenvalue weighted by Gasteiger charge is 2.38. The molecule has 0 radical (unpaired) electrons. The Bertz CT molecular complexity index is 446. The topological polar surface area (TPSA) is 103 Å². The summed E-state index contributed by atoms with van der Waals surface area (Å²) < 4.78 is 4.68. The monoisotopic (exact) mass is 297 g/mol. The summed E-state index contributed by atoms with van der Waals surface area (Å²) in [4.78, 5) is 25.3. The van der Waals surface area contributed by atoms with Gasteiger partial charge in [0.15, 0.2) is 0 Å². The minimum atomic E-state index is -0.962. The number of β-amino-alcohol motifs (C(OH)–C–C–N with tert-alkyl or cyclic N) is 1. The number of rotatable bonds is 5. The summed E-state index contributed by atoms with van der Waals surface area (Å²) in [6.45, 7) is 5.53. The highest BCUT2D eigenvalue weighted by atomic mass is 16.5. The Labute approximate surface area is 124 Å². The molecule has 1 saturated heterocycles. The molecule has 7 nitrogen and oxygen atoms in total. The zero-order valence-corrected chi connectivity index (χ0v) is 12.9. The highest BCUT2D eigenvalue weighted by molar-refractivity contribution is 5.81. The van der Waals surface area contributed by atoms with Gasteiger partial charge in [-0.2, -0.15) is 5.26 Å². The van der Waals surface area contributed by atoms with Crippen LogP contribution < -0.4 is 5.32 Å². The van der Waals surface area contributed by atoms with Crippen LogP contribution in [0.5, 0.6) is 0 Å². The quantitative estimate of drug-likeness (QED) is 0.672. The van der Waals surface area contributed by atoms with Crippen molar-refractivity contribution in [3.63, 3.8) is 0 Å². The molecule has 0 bridgehead atoms. The molecule has 0 aliphatic carbocycles. The molecule has 0 aromatic carbocycles. The average Bonchev–Trinajstić information content (AvgIpc) is 2.77. The first kappa shape index (κ1) is 17.4. The number of methoxy groups -OCH3 is 1. The van der Waals surface area contributed by atoms with Gasteiger partial charge in [-0.3, -0.25) is 14.5 Å². The maximum Gasteiger partial charge on any atom is 0.323 e. The number of nitrogens with one attached hydrogen (secondary N) is 1. The third-order valence-corrected chi connectivity index (χ3v) is 3.99. The van der Waals surface area contributed by atoms with Crippen LogP contribution >= 0.6 is 0 Å². The van der Waals surface area contributed by atoms with Gasteiger partial charge in [-0.1, -0.05) is 13.8 Å². The van der Waals surface area contributed by atoms with Crippen molar-refractivity contribution in [3.8, 4) is 6.07 Å². The smallest absolute Gasteiger partial charge is 0.323 e. The average molecular weight is 297 g/mol. The van der Waals surface area contributed by atoms with Crippen LogP contribution in [0.3, 0.4) is 0 Å². The van der Waals surface area contributed by atoms with Crippen LogP contribution in [0, 0.1) is 17.2 Å². The lowest BCUT2D eigenvalue weighted by molar-refractivity contribution is -0.146. The highest BCUT2D eigenvalue weighted by Crippen LogP contribution is 2.19. The lowest BCUT2D eigenvalue weighted by Crippen LogP contribution is -2.53. The minimum absolute atomic E-state index is 0.0491. The molecule has 1 aliphatic rings. The molecule has 1 amide bonds. The fourth-order valence-electron chi connectivity index (χ4n) is 2.25. The molecule has 118 valence electrons. The van der Waals surface area contributed by atoms with Crippen LogP contribution in [0.25, 0.3) is 0 Å². The zero-order chi connectivity index (χ0) is 16.2. The van der Waals surface area contributed by atoms with E-state index in [0.29, 0.717) is 0 Å². The second-order valence-corrected chi connectivity index (χ2v) is 5.87. The second kappa shape index (κ2) is 6.87. The third-order valence-electron chi connectivity index (χ3n) is 3.99. The summed E-state index contributed by atoms with van der Waals surface area (Å²) in [5, 5.41) is 21.5. The van der Waals surface area contributed by atoms with Crippen molar-refractivity contribution in [1.82, 2.24) is 10.2 Å². The Morgan fingerprint density at radius 1 is 1.57 bits per heavy atom. The minimum Gasteiger partial charge on any atom is -0.468 e. The molecule has 0 aromatic rings. The summed E-state index contributed by atoms with van der Waals surface area (Å²) in [6, 6.07) is 1.47. The van der Waals surface area contributed by atoms with Crippen LogP contribution in [0.2, 0.25) is 0 Å². The van der Waals surface area contributed by atoms with Gasteiger partial charge < -0.3 is 15.2 Å². The van der Waals surface area contributed by atoms with Gasteiger partial charge in [-0.25, -0.2) is 0 Å².